The average molecular weight is 510 g/mol. The van der Waals surface area contributed by atoms with Crippen molar-refractivity contribution in [3.63, 3.8) is 0 Å². The molecule has 180 valence electrons. The number of rotatable bonds is 7. The fraction of sp³-hybridized carbons (Fsp3) is 0.208. The number of aromatic nitrogens is 2. The number of aryl methyl sites for hydroxylation is 1. The summed E-state index contributed by atoms with van der Waals surface area (Å²) in [7, 11) is -3.90. The third kappa shape index (κ3) is 5.11. The highest BCUT2D eigenvalue weighted by Gasteiger charge is 2.31. The number of ether oxygens (including phenoxy) is 1. The first-order valence-electron chi connectivity index (χ1n) is 11.0. The number of nitrogens with zero attached hydrogens (tertiary/aromatic N) is 4. The van der Waals surface area contributed by atoms with Gasteiger partial charge in [-0.1, -0.05) is 48.0 Å². The molecule has 11 heteroatoms. The van der Waals surface area contributed by atoms with Crippen molar-refractivity contribution in [3.05, 3.63) is 71.4 Å². The smallest absolute Gasteiger partial charge is 0.243 e. The molecule has 2 aromatic carbocycles. The lowest BCUT2D eigenvalue weighted by atomic mass is 10.2. The molecule has 3 heterocycles. The molecule has 1 N–H and O–H groups in total. The van der Waals surface area contributed by atoms with Crippen molar-refractivity contribution < 1.29 is 17.6 Å². The van der Waals surface area contributed by atoms with E-state index in [9.17, 15) is 8.42 Å². The van der Waals surface area contributed by atoms with E-state index in [0.29, 0.717) is 31.4 Å². The van der Waals surface area contributed by atoms with Crippen LogP contribution in [0.4, 0.5) is 11.0 Å². The molecule has 0 amide bonds. The van der Waals surface area contributed by atoms with Gasteiger partial charge in [0.25, 0.3) is 0 Å². The largest absolute Gasteiger partial charge is 0.418 e. The molecule has 2 aromatic heterocycles. The van der Waals surface area contributed by atoms with Crippen LogP contribution in [0.5, 0.6) is 0 Å². The van der Waals surface area contributed by atoms with Crippen LogP contribution >= 0.6 is 11.3 Å². The Kier molecular flexibility index (Phi) is 6.62. The van der Waals surface area contributed by atoms with Crippen molar-refractivity contribution in [2.75, 3.05) is 36.6 Å². The first-order valence-corrected chi connectivity index (χ1v) is 13.3. The van der Waals surface area contributed by atoms with Gasteiger partial charge >= 0.3 is 0 Å². The average Bonchev–Trinajstić information content (AvgIpc) is 3.54. The second kappa shape index (κ2) is 9.98. The third-order valence-corrected chi connectivity index (χ3v) is 7.80. The van der Waals surface area contributed by atoms with Crippen molar-refractivity contribution in [3.8, 4) is 11.3 Å². The zero-order chi connectivity index (χ0) is 24.3. The maximum Gasteiger partial charge on any atom is 0.243 e. The summed E-state index contributed by atoms with van der Waals surface area (Å²) in [6.45, 7) is 3.86. The van der Waals surface area contributed by atoms with Crippen LogP contribution in [0.15, 0.2) is 79.4 Å². The molecule has 9 nitrogen and oxygen atoms in total. The summed E-state index contributed by atoms with van der Waals surface area (Å²) in [5, 5.41) is 6.55. The van der Waals surface area contributed by atoms with E-state index in [1.54, 1.807) is 24.3 Å². The lowest BCUT2D eigenvalue weighted by molar-refractivity contribution is 0.120. The van der Waals surface area contributed by atoms with Gasteiger partial charge in [0.2, 0.25) is 31.8 Å². The molecule has 0 spiro atoms. The summed E-state index contributed by atoms with van der Waals surface area (Å²) in [5.74, 6) is 0.264. The van der Waals surface area contributed by atoms with E-state index in [-0.39, 0.29) is 21.7 Å². The summed E-state index contributed by atoms with van der Waals surface area (Å²) < 4.78 is 38.1. The Bertz CT molecular complexity index is 1420. The summed E-state index contributed by atoms with van der Waals surface area (Å²) in [4.78, 5) is 10.8. The van der Waals surface area contributed by atoms with Gasteiger partial charge in [0, 0.05) is 24.0 Å². The Hall–Kier alpha value is -3.54. The van der Waals surface area contributed by atoms with E-state index in [1.807, 2.05) is 47.5 Å². The Morgan fingerprint density at radius 2 is 1.80 bits per heavy atom. The number of thiazole rings is 1. The third-order valence-electron chi connectivity index (χ3n) is 5.39. The molecule has 0 saturated carbocycles. The molecule has 0 bridgehead atoms. The van der Waals surface area contributed by atoms with Crippen LogP contribution in [-0.2, 0) is 14.6 Å². The highest BCUT2D eigenvalue weighted by Crippen LogP contribution is 2.31. The van der Waals surface area contributed by atoms with Crippen molar-refractivity contribution in [2.45, 2.75) is 16.8 Å². The molecule has 1 aliphatic heterocycles. The van der Waals surface area contributed by atoms with Crippen LogP contribution in [0.3, 0.4) is 0 Å². The van der Waals surface area contributed by atoms with Gasteiger partial charge in [-0.25, -0.2) is 13.4 Å². The Labute approximate surface area is 207 Å². The lowest BCUT2D eigenvalue weighted by Crippen LogP contribution is -2.36. The van der Waals surface area contributed by atoms with Crippen LogP contribution in [0.25, 0.3) is 11.3 Å². The van der Waals surface area contributed by atoms with Gasteiger partial charge < -0.3 is 14.1 Å². The fourth-order valence-electron chi connectivity index (χ4n) is 3.55. The van der Waals surface area contributed by atoms with Gasteiger partial charge in [0.05, 0.1) is 23.8 Å². The molecule has 0 unspecified atom stereocenters. The minimum Gasteiger partial charge on any atom is -0.418 e. The molecule has 0 radical (unpaired) electrons. The first-order chi connectivity index (χ1) is 17.0. The molecular weight excluding hydrogens is 486 g/mol. The van der Waals surface area contributed by atoms with Crippen LogP contribution in [0.1, 0.15) is 11.5 Å². The molecule has 0 aliphatic carbocycles. The topological polar surface area (TPSA) is 110 Å². The van der Waals surface area contributed by atoms with Crippen LogP contribution in [0.2, 0.25) is 0 Å². The van der Waals surface area contributed by atoms with Gasteiger partial charge in [-0.3, -0.25) is 5.43 Å². The predicted octanol–water partition coefficient (Wildman–Crippen LogP) is 4.22. The molecule has 0 atom stereocenters. The molecule has 35 heavy (non-hydrogen) atoms. The van der Waals surface area contributed by atoms with Gasteiger partial charge in [-0.05, 0) is 19.1 Å². The number of anilines is 2. The predicted molar refractivity (Wildman–Crippen MR) is 135 cm³/mol. The Morgan fingerprint density at radius 1 is 1.06 bits per heavy atom. The number of sulfone groups is 1. The summed E-state index contributed by atoms with van der Waals surface area (Å²) in [6, 6.07) is 16.5. The molecule has 5 rings (SSSR count). The monoisotopic (exact) mass is 509 g/mol. The van der Waals surface area contributed by atoms with E-state index in [1.165, 1.54) is 17.6 Å². The highest BCUT2D eigenvalue weighted by molar-refractivity contribution is 7.91. The second-order valence-corrected chi connectivity index (χ2v) is 10.6. The van der Waals surface area contributed by atoms with Gasteiger partial charge in [-0.15, -0.1) is 11.3 Å². The normalized spacial score (nSPS) is 14.5. The number of oxazole rings is 1. The van der Waals surface area contributed by atoms with Crippen molar-refractivity contribution in [1.29, 1.82) is 0 Å². The molecule has 1 fully saturated rings. The van der Waals surface area contributed by atoms with E-state index in [2.05, 4.69) is 20.5 Å². The Balaban J connectivity index is 1.40. The maximum atomic E-state index is 13.4. The van der Waals surface area contributed by atoms with E-state index in [0.717, 1.165) is 16.8 Å². The zero-order valence-electron chi connectivity index (χ0n) is 18.9. The minimum absolute atomic E-state index is 0.0736. The van der Waals surface area contributed by atoms with Crippen molar-refractivity contribution >= 4 is 38.4 Å². The second-order valence-electron chi connectivity index (χ2n) is 7.85. The van der Waals surface area contributed by atoms with Crippen molar-refractivity contribution in [1.82, 2.24) is 9.97 Å². The van der Waals surface area contributed by atoms with E-state index in [4.69, 9.17) is 9.15 Å². The molecule has 1 saturated heterocycles. The number of nitrogens with one attached hydrogen (secondary N) is 1. The Morgan fingerprint density at radius 3 is 2.54 bits per heavy atom. The first kappa shape index (κ1) is 23.2. The van der Waals surface area contributed by atoms with Gasteiger partial charge in [0.15, 0.2) is 0 Å². The molecule has 4 aromatic rings. The number of hydrazone groups is 1. The lowest BCUT2D eigenvalue weighted by Gasteiger charge is -2.26. The summed E-state index contributed by atoms with van der Waals surface area (Å²) in [6.07, 6.45) is 1.35. The minimum atomic E-state index is -3.90. The van der Waals surface area contributed by atoms with E-state index < -0.39 is 9.84 Å². The van der Waals surface area contributed by atoms with Crippen molar-refractivity contribution in [2.24, 2.45) is 5.10 Å². The SMILES string of the molecule is Cc1ccc(S(=O)(=O)c2nc(/C=N\Nc3nc(-c4ccccc4)cs3)oc2N2CCOCC2)cc1. The highest BCUT2D eigenvalue weighted by atomic mass is 32.2. The molecular formula is C24H23N5O4S2. The number of morpholine rings is 1. The van der Waals surface area contributed by atoms with Crippen LogP contribution < -0.4 is 10.3 Å². The van der Waals surface area contributed by atoms with Gasteiger partial charge in [0.1, 0.15) is 6.21 Å². The quantitative estimate of drug-likeness (QED) is 0.291. The number of benzene rings is 2. The summed E-state index contributed by atoms with van der Waals surface area (Å²) in [5.41, 5.74) is 5.68. The number of hydrogen-bond donors (Lipinski definition) is 1. The number of hydrogen-bond acceptors (Lipinski definition) is 10. The maximum absolute atomic E-state index is 13.4. The standard InChI is InChI=1S/C24H23N5O4S2/c1-17-7-9-19(10-8-17)35(30,31)22-23(29-11-13-32-14-12-29)33-21(27-22)15-25-28-24-26-20(16-34-24)18-5-3-2-4-6-18/h2-10,15-16H,11-14H2,1H3,(H,26,28)/b25-15-. The zero-order valence-corrected chi connectivity index (χ0v) is 20.6. The van der Waals surface area contributed by atoms with Crippen LogP contribution in [0, 0.1) is 6.92 Å². The van der Waals surface area contributed by atoms with Gasteiger partial charge in [-0.2, -0.15) is 10.1 Å². The fourth-order valence-corrected chi connectivity index (χ4v) is 5.55. The molecule has 1 aliphatic rings. The van der Waals surface area contributed by atoms with E-state index >= 15 is 0 Å². The summed E-state index contributed by atoms with van der Waals surface area (Å²) >= 11 is 1.41. The van der Waals surface area contributed by atoms with Crippen LogP contribution in [-0.4, -0.2) is 50.9 Å².